The van der Waals surface area contributed by atoms with Crippen LogP contribution in [0.5, 0.6) is 0 Å². The van der Waals surface area contributed by atoms with E-state index in [9.17, 15) is 4.79 Å². The van der Waals surface area contributed by atoms with E-state index in [1.165, 1.54) is 0 Å². The molecule has 30 heavy (non-hydrogen) atoms. The maximum absolute atomic E-state index is 12.3. The molecule has 0 unspecified atom stereocenters. The molecule has 1 aromatic carbocycles. The number of piperazine rings is 1. The molecule has 0 atom stereocenters. The van der Waals surface area contributed by atoms with Crippen molar-refractivity contribution in [3.05, 3.63) is 41.9 Å². The van der Waals surface area contributed by atoms with Gasteiger partial charge in [0.2, 0.25) is 5.91 Å². The molecule has 158 valence electrons. The van der Waals surface area contributed by atoms with Gasteiger partial charge in [0.1, 0.15) is 11.6 Å². The first-order chi connectivity index (χ1) is 14.6. The van der Waals surface area contributed by atoms with Crippen molar-refractivity contribution in [2.24, 2.45) is 0 Å². The molecular formula is C23H30N6O. The lowest BCUT2D eigenvalue weighted by molar-refractivity contribution is -0.131. The van der Waals surface area contributed by atoms with E-state index in [1.54, 1.807) is 0 Å². The van der Waals surface area contributed by atoms with Gasteiger partial charge in [0, 0.05) is 39.0 Å². The van der Waals surface area contributed by atoms with Gasteiger partial charge in [-0.3, -0.25) is 4.79 Å². The van der Waals surface area contributed by atoms with Gasteiger partial charge in [-0.15, -0.1) is 0 Å². The lowest BCUT2D eigenvalue weighted by Crippen LogP contribution is -2.49. The number of carbonyl (C=O) groups excluding carboxylic acids is 1. The highest BCUT2D eigenvalue weighted by atomic mass is 16.2. The van der Waals surface area contributed by atoms with Gasteiger partial charge in [0.25, 0.3) is 0 Å². The van der Waals surface area contributed by atoms with E-state index in [4.69, 9.17) is 15.1 Å². The van der Waals surface area contributed by atoms with Crippen LogP contribution in [-0.4, -0.2) is 56.7 Å². The number of carbonyl (C=O) groups is 1. The summed E-state index contributed by atoms with van der Waals surface area (Å²) < 4.78 is 1.93. The first kappa shape index (κ1) is 20.3. The lowest BCUT2D eigenvalue weighted by atomic mass is 10.2. The molecule has 3 heterocycles. The molecule has 0 saturated carbocycles. The van der Waals surface area contributed by atoms with Crippen LogP contribution in [-0.2, 0) is 11.2 Å². The Morgan fingerprint density at radius 1 is 1.00 bits per heavy atom. The molecule has 0 aliphatic carbocycles. The molecule has 1 aliphatic rings. The molecule has 7 heteroatoms. The van der Waals surface area contributed by atoms with Gasteiger partial charge in [-0.25, -0.2) is 14.6 Å². The monoisotopic (exact) mass is 406 g/mol. The fourth-order valence-electron chi connectivity index (χ4n) is 4.06. The molecule has 0 N–H and O–H groups in total. The van der Waals surface area contributed by atoms with Crippen molar-refractivity contribution in [3.63, 3.8) is 0 Å². The van der Waals surface area contributed by atoms with Crippen LogP contribution >= 0.6 is 0 Å². The lowest BCUT2D eigenvalue weighted by Gasteiger charge is -2.35. The molecule has 1 amide bonds. The second-order valence-corrected chi connectivity index (χ2v) is 7.86. The number of para-hydroxylation sites is 1. The minimum Gasteiger partial charge on any atom is -0.352 e. The Kier molecular flexibility index (Phi) is 5.97. The third-order valence-corrected chi connectivity index (χ3v) is 5.60. The Hall–Kier alpha value is -2.96. The van der Waals surface area contributed by atoms with E-state index in [0.29, 0.717) is 6.42 Å². The van der Waals surface area contributed by atoms with Gasteiger partial charge < -0.3 is 9.80 Å². The van der Waals surface area contributed by atoms with Crippen molar-refractivity contribution < 1.29 is 4.79 Å². The zero-order valence-electron chi connectivity index (χ0n) is 18.1. The molecule has 0 radical (unpaired) electrons. The fourth-order valence-corrected chi connectivity index (χ4v) is 4.06. The number of benzene rings is 1. The third-order valence-electron chi connectivity index (χ3n) is 5.60. The predicted octanol–water partition coefficient (Wildman–Crippen LogP) is 3.53. The first-order valence-corrected chi connectivity index (χ1v) is 11.0. The van der Waals surface area contributed by atoms with Crippen molar-refractivity contribution in [2.45, 2.75) is 46.5 Å². The number of hydrogen-bond donors (Lipinski definition) is 0. The van der Waals surface area contributed by atoms with Gasteiger partial charge in [0.05, 0.1) is 16.8 Å². The van der Waals surface area contributed by atoms with Crippen molar-refractivity contribution in [1.82, 2.24) is 24.6 Å². The Morgan fingerprint density at radius 3 is 2.40 bits per heavy atom. The molecule has 7 nitrogen and oxygen atoms in total. The van der Waals surface area contributed by atoms with Crippen LogP contribution in [0.15, 0.2) is 30.3 Å². The molecule has 0 spiro atoms. The largest absolute Gasteiger partial charge is 0.352 e. The minimum absolute atomic E-state index is 0.254. The zero-order chi connectivity index (χ0) is 21.1. The minimum atomic E-state index is 0.254. The predicted molar refractivity (Wildman–Crippen MR) is 119 cm³/mol. The van der Waals surface area contributed by atoms with Crippen LogP contribution < -0.4 is 4.90 Å². The normalized spacial score (nSPS) is 14.5. The molecule has 1 aliphatic heterocycles. The number of rotatable bonds is 6. The molecular weight excluding hydrogens is 376 g/mol. The molecule has 4 rings (SSSR count). The summed E-state index contributed by atoms with van der Waals surface area (Å²) in [7, 11) is 0. The summed E-state index contributed by atoms with van der Waals surface area (Å²) in [5, 5.41) is 5.81. The molecule has 2 aromatic heterocycles. The van der Waals surface area contributed by atoms with Gasteiger partial charge in [-0.1, -0.05) is 32.0 Å². The van der Waals surface area contributed by atoms with Gasteiger partial charge in [-0.05, 0) is 31.9 Å². The van der Waals surface area contributed by atoms with Crippen molar-refractivity contribution in [1.29, 1.82) is 0 Å². The third kappa shape index (κ3) is 3.88. The van der Waals surface area contributed by atoms with Gasteiger partial charge in [0.15, 0.2) is 5.65 Å². The van der Waals surface area contributed by atoms with Crippen LogP contribution in [0.4, 0.5) is 5.82 Å². The van der Waals surface area contributed by atoms with Crippen molar-refractivity contribution >= 4 is 22.8 Å². The number of aromatic nitrogens is 4. The number of nitrogens with zero attached hydrogens (tertiary/aromatic N) is 6. The Labute approximate surface area is 177 Å². The van der Waals surface area contributed by atoms with Crippen LogP contribution in [0.2, 0.25) is 0 Å². The number of anilines is 1. The highest BCUT2D eigenvalue weighted by Crippen LogP contribution is 2.30. The summed E-state index contributed by atoms with van der Waals surface area (Å²) in [6.45, 7) is 9.25. The topological polar surface area (TPSA) is 67.2 Å². The standard InChI is InChI=1S/C23H30N6O/c1-4-9-19-24-22(28-15-13-27(14-16-28)20(30)10-5-2)21-17(3)26-29(23(21)25-19)18-11-7-6-8-12-18/h6-8,11-12H,4-5,9-10,13-16H2,1-3H3. The number of aryl methyl sites for hydroxylation is 2. The molecule has 1 fully saturated rings. The second-order valence-electron chi connectivity index (χ2n) is 7.86. The molecule has 0 bridgehead atoms. The van der Waals surface area contributed by atoms with Crippen LogP contribution in [0, 0.1) is 6.92 Å². The SMILES string of the molecule is CCCC(=O)N1CCN(c2nc(CCC)nc3c2c(C)nn3-c2ccccc2)CC1. The maximum Gasteiger partial charge on any atom is 0.222 e. The first-order valence-electron chi connectivity index (χ1n) is 11.0. The average Bonchev–Trinajstić information content (AvgIpc) is 3.11. The molecule has 1 saturated heterocycles. The smallest absolute Gasteiger partial charge is 0.222 e. The van der Waals surface area contributed by atoms with E-state index in [2.05, 4.69) is 11.8 Å². The van der Waals surface area contributed by atoms with E-state index < -0.39 is 0 Å². The van der Waals surface area contributed by atoms with Gasteiger partial charge in [-0.2, -0.15) is 5.10 Å². The van der Waals surface area contributed by atoms with E-state index >= 15 is 0 Å². The number of amides is 1. The Balaban J connectivity index is 1.73. The van der Waals surface area contributed by atoms with Crippen LogP contribution in [0.1, 0.15) is 44.6 Å². The molecule has 3 aromatic rings. The Bertz CT molecular complexity index is 1020. The maximum atomic E-state index is 12.3. The summed E-state index contributed by atoms with van der Waals surface area (Å²) in [6.07, 6.45) is 3.34. The highest BCUT2D eigenvalue weighted by molar-refractivity contribution is 5.91. The average molecular weight is 407 g/mol. The fraction of sp³-hybridized carbons (Fsp3) is 0.478. The highest BCUT2D eigenvalue weighted by Gasteiger charge is 2.26. The summed E-state index contributed by atoms with van der Waals surface area (Å²) in [5.41, 5.74) is 2.78. The quantitative estimate of drug-likeness (QED) is 0.627. The second kappa shape index (κ2) is 8.81. The van der Waals surface area contributed by atoms with E-state index in [-0.39, 0.29) is 5.91 Å². The van der Waals surface area contributed by atoms with Crippen molar-refractivity contribution in [3.8, 4) is 5.69 Å². The summed E-state index contributed by atoms with van der Waals surface area (Å²) >= 11 is 0. The zero-order valence-corrected chi connectivity index (χ0v) is 18.1. The van der Waals surface area contributed by atoms with Crippen LogP contribution in [0.3, 0.4) is 0 Å². The van der Waals surface area contributed by atoms with Crippen molar-refractivity contribution in [2.75, 3.05) is 31.1 Å². The number of hydrogen-bond acceptors (Lipinski definition) is 5. The Morgan fingerprint density at radius 2 is 1.73 bits per heavy atom. The number of fused-ring (bicyclic) bond motifs is 1. The van der Waals surface area contributed by atoms with E-state index in [0.717, 1.165) is 79.5 Å². The summed E-state index contributed by atoms with van der Waals surface area (Å²) in [5.74, 6) is 2.05. The summed E-state index contributed by atoms with van der Waals surface area (Å²) in [6, 6.07) is 10.1. The van der Waals surface area contributed by atoms with Crippen LogP contribution in [0.25, 0.3) is 16.7 Å². The van der Waals surface area contributed by atoms with Gasteiger partial charge >= 0.3 is 0 Å². The van der Waals surface area contributed by atoms with E-state index in [1.807, 2.05) is 53.8 Å². The summed E-state index contributed by atoms with van der Waals surface area (Å²) in [4.78, 5) is 26.4.